The number of nitrogens with zero attached hydrogens (tertiary/aromatic N) is 4. The Bertz CT molecular complexity index is 403. The first-order valence-electron chi connectivity index (χ1n) is 6.35. The highest BCUT2D eigenvalue weighted by molar-refractivity contribution is 6.29. The summed E-state index contributed by atoms with van der Waals surface area (Å²) in [4.78, 5) is 6.54. The lowest BCUT2D eigenvalue weighted by Gasteiger charge is -2.24. The fourth-order valence-corrected chi connectivity index (χ4v) is 1.81. The van der Waals surface area contributed by atoms with Gasteiger partial charge in [-0.25, -0.2) is 4.99 Å². The molecule has 0 aromatic rings. The molecule has 1 aliphatic rings. The van der Waals surface area contributed by atoms with Gasteiger partial charge in [-0.3, -0.25) is 5.01 Å². The first-order chi connectivity index (χ1) is 9.08. The molecule has 6 heteroatoms. The second-order valence-electron chi connectivity index (χ2n) is 4.01. The average molecular weight is 285 g/mol. The third-order valence-corrected chi connectivity index (χ3v) is 3.09. The molecule has 0 aromatic heterocycles. The van der Waals surface area contributed by atoms with Gasteiger partial charge in [0, 0.05) is 26.1 Å². The molecule has 0 bridgehead atoms. The van der Waals surface area contributed by atoms with Crippen molar-refractivity contribution < 1.29 is 4.74 Å². The third-order valence-electron chi connectivity index (χ3n) is 2.73. The molecule has 1 aliphatic heterocycles. The number of hydrogen-bond donors (Lipinski definition) is 0. The van der Waals surface area contributed by atoms with Gasteiger partial charge in [-0.2, -0.15) is 5.10 Å². The highest BCUT2D eigenvalue weighted by Gasteiger charge is 2.08. The van der Waals surface area contributed by atoms with Crippen molar-refractivity contribution >= 4 is 23.8 Å². The zero-order valence-electron chi connectivity index (χ0n) is 11.8. The summed E-state index contributed by atoms with van der Waals surface area (Å²) in [6, 6.07) is 0. The maximum absolute atomic E-state index is 6.06. The molecular formula is C13H21ClN4O. The lowest BCUT2D eigenvalue weighted by atomic mass is 10.3. The zero-order valence-corrected chi connectivity index (χ0v) is 12.5. The van der Waals surface area contributed by atoms with Crippen LogP contribution in [0.15, 0.2) is 33.7 Å². The molecule has 0 saturated carbocycles. The largest absolute Gasteiger partial charge is 0.492 e. The van der Waals surface area contributed by atoms with Crippen molar-refractivity contribution in [3.8, 4) is 0 Å². The summed E-state index contributed by atoms with van der Waals surface area (Å²) in [7, 11) is 1.74. The van der Waals surface area contributed by atoms with Gasteiger partial charge in [-0.05, 0) is 6.92 Å². The zero-order chi connectivity index (χ0) is 14.3. The Labute approximate surface area is 119 Å². The normalized spacial score (nSPS) is 25.4. The van der Waals surface area contributed by atoms with Crippen molar-refractivity contribution in [2.24, 2.45) is 10.1 Å². The van der Waals surface area contributed by atoms with E-state index in [1.165, 1.54) is 11.3 Å². The van der Waals surface area contributed by atoms with Gasteiger partial charge in [0.2, 0.25) is 0 Å². The Balaban J connectivity index is 2.97. The molecule has 0 unspecified atom stereocenters. The van der Waals surface area contributed by atoms with Crippen LogP contribution in [0.4, 0.5) is 0 Å². The van der Waals surface area contributed by atoms with Crippen LogP contribution < -0.4 is 0 Å². The fourth-order valence-electron chi connectivity index (χ4n) is 1.65. The van der Waals surface area contributed by atoms with E-state index < -0.39 is 0 Å². The number of ether oxygens (including phenoxy) is 1. The van der Waals surface area contributed by atoms with Crippen molar-refractivity contribution in [2.75, 3.05) is 26.7 Å². The van der Waals surface area contributed by atoms with E-state index in [-0.39, 0.29) is 0 Å². The predicted octanol–water partition coefficient (Wildman–Crippen LogP) is 2.62. The van der Waals surface area contributed by atoms with Crippen molar-refractivity contribution in [3.05, 3.63) is 23.6 Å². The van der Waals surface area contributed by atoms with Gasteiger partial charge in [0.05, 0.1) is 6.54 Å². The van der Waals surface area contributed by atoms with Crippen LogP contribution in [0, 0.1) is 0 Å². The van der Waals surface area contributed by atoms with E-state index in [2.05, 4.69) is 35.4 Å². The van der Waals surface area contributed by atoms with E-state index in [4.69, 9.17) is 16.3 Å². The summed E-state index contributed by atoms with van der Waals surface area (Å²) in [5, 5.41) is 6.09. The van der Waals surface area contributed by atoms with Gasteiger partial charge >= 0.3 is 0 Å². The molecule has 0 atom stereocenters. The molecule has 1 rings (SSSR count). The highest BCUT2D eigenvalue weighted by Crippen LogP contribution is 2.12. The van der Waals surface area contributed by atoms with E-state index in [0.29, 0.717) is 17.5 Å². The van der Waals surface area contributed by atoms with Crippen LogP contribution in [-0.4, -0.2) is 48.8 Å². The van der Waals surface area contributed by atoms with Gasteiger partial charge in [0.1, 0.15) is 29.7 Å². The molecule has 0 aromatic carbocycles. The maximum Gasteiger partial charge on any atom is 0.138 e. The Morgan fingerprint density at radius 3 is 2.84 bits per heavy atom. The summed E-state index contributed by atoms with van der Waals surface area (Å²) < 4.78 is 5.53. The van der Waals surface area contributed by atoms with Crippen molar-refractivity contribution in [2.45, 2.75) is 20.3 Å². The molecule has 19 heavy (non-hydrogen) atoms. The molecule has 0 spiro atoms. The number of hydrazone groups is 1. The summed E-state index contributed by atoms with van der Waals surface area (Å²) in [6.45, 7) is 10.2. The number of hydrogen-bond acceptors (Lipinski definition) is 5. The molecule has 1 heterocycles. The summed E-state index contributed by atoms with van der Waals surface area (Å²) in [6.07, 6.45) is 4.00. The first kappa shape index (κ1) is 15.6. The molecule has 0 amide bonds. The number of aliphatic imine (C=N–C) groups is 1. The minimum atomic E-state index is 0.433. The van der Waals surface area contributed by atoms with Crippen LogP contribution in [0.5, 0.6) is 0 Å². The SMILES string of the molecule is C=C1/C=C(/Cl)N(C)/N=C\N=C(/CC)N(CC)CCO1. The van der Waals surface area contributed by atoms with Crippen LogP contribution >= 0.6 is 11.6 Å². The number of likely N-dealkylation sites (N-methyl/N-ethyl adjacent to an activating group) is 1. The van der Waals surface area contributed by atoms with Gasteiger partial charge in [-0.1, -0.05) is 25.1 Å². The average Bonchev–Trinajstić information content (AvgIpc) is 2.39. The van der Waals surface area contributed by atoms with Gasteiger partial charge in [0.25, 0.3) is 0 Å². The smallest absolute Gasteiger partial charge is 0.138 e. The third kappa shape index (κ3) is 4.95. The standard InChI is InChI=1S/C13H21ClN4O/c1-5-13-15-10-16-17(4)12(14)9-11(3)19-8-7-18(13)6-2/h9-10H,3,5-8H2,1-2,4H3/b12-9-,15-13+,16-10-. The first-order valence-corrected chi connectivity index (χ1v) is 6.73. The maximum atomic E-state index is 6.06. The van der Waals surface area contributed by atoms with Crippen LogP contribution in [0.25, 0.3) is 0 Å². The minimum absolute atomic E-state index is 0.433. The van der Waals surface area contributed by atoms with E-state index in [9.17, 15) is 0 Å². The number of halogens is 1. The summed E-state index contributed by atoms with van der Waals surface area (Å²) in [5.74, 6) is 1.51. The Morgan fingerprint density at radius 2 is 2.21 bits per heavy atom. The van der Waals surface area contributed by atoms with Crippen LogP contribution in [0.3, 0.4) is 0 Å². The van der Waals surface area contributed by atoms with Crippen LogP contribution in [0.2, 0.25) is 0 Å². The Hall–Kier alpha value is -1.49. The second-order valence-corrected chi connectivity index (χ2v) is 4.40. The van der Waals surface area contributed by atoms with Crippen molar-refractivity contribution in [1.82, 2.24) is 9.91 Å². The molecule has 0 radical (unpaired) electrons. The second kappa shape index (κ2) is 7.84. The van der Waals surface area contributed by atoms with E-state index in [0.717, 1.165) is 25.3 Å². The lowest BCUT2D eigenvalue weighted by Crippen LogP contribution is -2.33. The topological polar surface area (TPSA) is 40.4 Å². The molecule has 5 nitrogen and oxygen atoms in total. The summed E-state index contributed by atoms with van der Waals surface area (Å²) in [5.41, 5.74) is 0. The Kier molecular flexibility index (Phi) is 6.42. The number of rotatable bonds is 2. The molecule has 0 fully saturated rings. The molecule has 0 saturated heterocycles. The fraction of sp³-hybridized carbons (Fsp3) is 0.538. The van der Waals surface area contributed by atoms with Gasteiger partial charge < -0.3 is 9.64 Å². The number of amidine groups is 1. The Morgan fingerprint density at radius 1 is 1.47 bits per heavy atom. The van der Waals surface area contributed by atoms with Gasteiger partial charge in [-0.15, -0.1) is 0 Å². The highest BCUT2D eigenvalue weighted by atomic mass is 35.5. The summed E-state index contributed by atoms with van der Waals surface area (Å²) >= 11 is 6.06. The molecular weight excluding hydrogens is 264 g/mol. The monoisotopic (exact) mass is 284 g/mol. The van der Waals surface area contributed by atoms with Crippen molar-refractivity contribution in [1.29, 1.82) is 0 Å². The molecule has 106 valence electrons. The van der Waals surface area contributed by atoms with Gasteiger partial charge in [0.15, 0.2) is 0 Å². The van der Waals surface area contributed by atoms with E-state index in [1.54, 1.807) is 13.1 Å². The van der Waals surface area contributed by atoms with Crippen LogP contribution in [0.1, 0.15) is 20.3 Å². The van der Waals surface area contributed by atoms with E-state index >= 15 is 0 Å². The quantitative estimate of drug-likeness (QED) is 0.732. The molecule has 0 aliphatic carbocycles. The number of allylic oxidation sites excluding steroid dienone is 1. The lowest BCUT2D eigenvalue weighted by molar-refractivity contribution is 0.199. The predicted molar refractivity (Wildman–Crippen MR) is 80.3 cm³/mol. The minimum Gasteiger partial charge on any atom is -0.492 e. The molecule has 0 N–H and O–H groups in total. The van der Waals surface area contributed by atoms with E-state index in [1.807, 2.05) is 0 Å². The van der Waals surface area contributed by atoms with Crippen molar-refractivity contribution in [3.63, 3.8) is 0 Å². The van der Waals surface area contributed by atoms with Crippen LogP contribution in [-0.2, 0) is 4.74 Å².